The zero-order valence-electron chi connectivity index (χ0n) is 15.4. The fourth-order valence-electron chi connectivity index (χ4n) is 2.17. The van der Waals surface area contributed by atoms with Gasteiger partial charge in [0.25, 0.3) is 0 Å². The van der Waals surface area contributed by atoms with Gasteiger partial charge in [0, 0.05) is 6.42 Å². The quantitative estimate of drug-likeness (QED) is 0.289. The van der Waals surface area contributed by atoms with Gasteiger partial charge in [-0.1, -0.05) is 79.8 Å². The minimum absolute atomic E-state index is 0.152. The Kier molecular flexibility index (Phi) is 11.8. The zero-order chi connectivity index (χ0) is 19.0. The van der Waals surface area contributed by atoms with Crippen LogP contribution in [0.25, 0.3) is 0 Å². The van der Waals surface area contributed by atoms with E-state index >= 15 is 0 Å². The Hall–Kier alpha value is -2.17. The lowest BCUT2D eigenvalue weighted by atomic mass is 10.2. The monoisotopic (exact) mass is 358 g/mol. The van der Waals surface area contributed by atoms with Gasteiger partial charge >= 0.3 is 5.97 Å². The number of rotatable bonds is 13. The SMILES string of the molecule is CC/C=C\CC(O)/C=C/C=C\C=C/C=C/C1OC1C/C=C\CCC(=O)O. The van der Waals surface area contributed by atoms with Crippen molar-refractivity contribution in [1.29, 1.82) is 0 Å². The lowest BCUT2D eigenvalue weighted by Crippen LogP contribution is -1.98. The van der Waals surface area contributed by atoms with Crippen LogP contribution < -0.4 is 0 Å². The van der Waals surface area contributed by atoms with Gasteiger partial charge < -0.3 is 14.9 Å². The number of carboxylic acid groups (broad SMARTS) is 1. The van der Waals surface area contributed by atoms with Crippen molar-refractivity contribution < 1.29 is 19.7 Å². The number of allylic oxidation sites excluding steroid dienone is 8. The number of hydrogen-bond acceptors (Lipinski definition) is 3. The molecule has 1 heterocycles. The molecule has 1 aliphatic heterocycles. The molecule has 0 aromatic carbocycles. The van der Waals surface area contributed by atoms with E-state index in [1.807, 2.05) is 66.8 Å². The summed E-state index contributed by atoms with van der Waals surface area (Å²) in [5.74, 6) is -0.769. The standard InChI is InChI=1S/C22H30O4/c1-2-3-9-14-19(23)15-10-6-4-5-7-11-16-20-21(26-20)17-12-8-13-18-22(24)25/h3-12,15-16,19-21,23H,2,13-14,17-18H2,1H3,(H,24,25)/b6-4-,7-5-,9-3-,12-8-,15-10+,16-11+. The van der Waals surface area contributed by atoms with Gasteiger partial charge in [0.15, 0.2) is 0 Å². The molecule has 2 N–H and O–H groups in total. The molecule has 4 nitrogen and oxygen atoms in total. The highest BCUT2D eigenvalue weighted by Gasteiger charge is 2.34. The lowest BCUT2D eigenvalue weighted by molar-refractivity contribution is -0.136. The third-order valence-electron chi connectivity index (χ3n) is 3.65. The molecule has 0 saturated carbocycles. The Bertz CT molecular complexity index is 567. The minimum Gasteiger partial charge on any atom is -0.481 e. The van der Waals surface area contributed by atoms with Gasteiger partial charge in [-0.25, -0.2) is 0 Å². The molecule has 26 heavy (non-hydrogen) atoms. The number of hydrogen-bond donors (Lipinski definition) is 2. The Morgan fingerprint density at radius 1 is 1.04 bits per heavy atom. The number of carbonyl (C=O) groups is 1. The van der Waals surface area contributed by atoms with Crippen LogP contribution in [0.3, 0.4) is 0 Å². The smallest absolute Gasteiger partial charge is 0.303 e. The summed E-state index contributed by atoms with van der Waals surface area (Å²) in [7, 11) is 0. The lowest BCUT2D eigenvalue weighted by Gasteiger charge is -1.98. The molecule has 1 aliphatic rings. The van der Waals surface area contributed by atoms with E-state index in [1.54, 1.807) is 6.08 Å². The van der Waals surface area contributed by atoms with E-state index in [9.17, 15) is 9.90 Å². The first-order valence-electron chi connectivity index (χ1n) is 9.17. The molecule has 0 radical (unpaired) electrons. The van der Waals surface area contributed by atoms with Crippen LogP contribution >= 0.6 is 0 Å². The van der Waals surface area contributed by atoms with Crippen molar-refractivity contribution >= 4 is 5.97 Å². The van der Waals surface area contributed by atoms with E-state index in [0.29, 0.717) is 12.8 Å². The normalized spacial score (nSPS) is 22.1. The molecule has 0 aromatic heterocycles. The number of aliphatic carboxylic acids is 1. The summed E-state index contributed by atoms with van der Waals surface area (Å²) >= 11 is 0. The molecule has 0 aliphatic carbocycles. The average molecular weight is 358 g/mol. The van der Waals surface area contributed by atoms with Gasteiger partial charge in [-0.2, -0.15) is 0 Å². The topological polar surface area (TPSA) is 70.1 Å². The van der Waals surface area contributed by atoms with Crippen molar-refractivity contribution in [2.75, 3.05) is 0 Å². The number of aliphatic hydroxyl groups excluding tert-OH is 1. The van der Waals surface area contributed by atoms with Crippen molar-refractivity contribution in [2.45, 2.75) is 57.3 Å². The number of ether oxygens (including phenoxy) is 1. The number of carboxylic acids is 1. The van der Waals surface area contributed by atoms with Crippen LogP contribution in [0.4, 0.5) is 0 Å². The summed E-state index contributed by atoms with van der Waals surface area (Å²) in [6.07, 6.45) is 26.3. The van der Waals surface area contributed by atoms with Gasteiger partial charge in [0.05, 0.1) is 12.2 Å². The molecule has 0 spiro atoms. The van der Waals surface area contributed by atoms with Crippen molar-refractivity contribution in [3.8, 4) is 0 Å². The summed E-state index contributed by atoms with van der Waals surface area (Å²) in [5.41, 5.74) is 0. The van der Waals surface area contributed by atoms with Crippen molar-refractivity contribution in [1.82, 2.24) is 0 Å². The molecular weight excluding hydrogens is 328 g/mol. The largest absolute Gasteiger partial charge is 0.481 e. The van der Waals surface area contributed by atoms with E-state index in [-0.39, 0.29) is 18.6 Å². The van der Waals surface area contributed by atoms with E-state index in [0.717, 1.165) is 12.8 Å². The van der Waals surface area contributed by atoms with Crippen LogP contribution in [0.2, 0.25) is 0 Å². The summed E-state index contributed by atoms with van der Waals surface area (Å²) in [4.78, 5) is 10.4. The summed E-state index contributed by atoms with van der Waals surface area (Å²) < 4.78 is 5.51. The Morgan fingerprint density at radius 3 is 2.50 bits per heavy atom. The second-order valence-corrected chi connectivity index (χ2v) is 6.00. The number of epoxide rings is 1. The molecule has 1 rings (SSSR count). The first kappa shape index (κ1) is 21.9. The molecule has 1 fully saturated rings. The first-order valence-corrected chi connectivity index (χ1v) is 9.17. The first-order chi connectivity index (χ1) is 12.6. The Labute approximate surface area is 156 Å². The van der Waals surface area contributed by atoms with Crippen LogP contribution in [0, 0.1) is 0 Å². The van der Waals surface area contributed by atoms with E-state index in [4.69, 9.17) is 9.84 Å². The van der Waals surface area contributed by atoms with Crippen molar-refractivity contribution in [3.05, 3.63) is 72.9 Å². The maximum atomic E-state index is 10.4. The molecule has 4 heteroatoms. The van der Waals surface area contributed by atoms with Crippen LogP contribution in [0.15, 0.2) is 72.9 Å². The van der Waals surface area contributed by atoms with Crippen LogP contribution in [0.5, 0.6) is 0 Å². The Morgan fingerprint density at radius 2 is 1.77 bits per heavy atom. The third kappa shape index (κ3) is 12.2. The number of aliphatic hydroxyl groups is 1. The molecule has 142 valence electrons. The van der Waals surface area contributed by atoms with Gasteiger partial charge in [-0.3, -0.25) is 4.79 Å². The van der Waals surface area contributed by atoms with Gasteiger partial charge in [-0.05, 0) is 25.7 Å². The molecule has 3 atom stereocenters. The molecule has 0 aromatic rings. The van der Waals surface area contributed by atoms with Gasteiger partial charge in [0.2, 0.25) is 0 Å². The minimum atomic E-state index is -0.769. The highest BCUT2D eigenvalue weighted by molar-refractivity contribution is 5.66. The van der Waals surface area contributed by atoms with Crippen LogP contribution in [0.1, 0.15) is 39.0 Å². The third-order valence-corrected chi connectivity index (χ3v) is 3.65. The van der Waals surface area contributed by atoms with E-state index in [2.05, 4.69) is 6.92 Å². The van der Waals surface area contributed by atoms with Gasteiger partial charge in [-0.15, -0.1) is 0 Å². The van der Waals surface area contributed by atoms with Crippen molar-refractivity contribution in [2.24, 2.45) is 0 Å². The van der Waals surface area contributed by atoms with E-state index in [1.165, 1.54) is 0 Å². The van der Waals surface area contributed by atoms with Gasteiger partial charge in [0.1, 0.15) is 6.10 Å². The van der Waals surface area contributed by atoms with Crippen LogP contribution in [-0.4, -0.2) is 34.5 Å². The predicted molar refractivity (Wildman–Crippen MR) is 106 cm³/mol. The fourth-order valence-corrected chi connectivity index (χ4v) is 2.17. The second kappa shape index (κ2) is 14.0. The summed E-state index contributed by atoms with van der Waals surface area (Å²) in [5, 5.41) is 18.2. The zero-order valence-corrected chi connectivity index (χ0v) is 15.4. The molecule has 3 unspecified atom stereocenters. The maximum Gasteiger partial charge on any atom is 0.303 e. The Balaban J connectivity index is 2.11. The summed E-state index contributed by atoms with van der Waals surface area (Å²) in [6, 6.07) is 0. The molecule has 0 amide bonds. The second-order valence-electron chi connectivity index (χ2n) is 6.00. The molecule has 0 bridgehead atoms. The average Bonchev–Trinajstić information content (AvgIpc) is 3.35. The maximum absolute atomic E-state index is 10.4. The highest BCUT2D eigenvalue weighted by atomic mass is 16.6. The fraction of sp³-hybridized carbons (Fsp3) is 0.409. The van der Waals surface area contributed by atoms with Crippen LogP contribution in [-0.2, 0) is 9.53 Å². The molecule has 1 saturated heterocycles. The predicted octanol–water partition coefficient (Wildman–Crippen LogP) is 4.51. The molecular formula is C22H30O4. The highest BCUT2D eigenvalue weighted by Crippen LogP contribution is 2.26. The van der Waals surface area contributed by atoms with Crippen molar-refractivity contribution in [3.63, 3.8) is 0 Å². The van der Waals surface area contributed by atoms with E-state index < -0.39 is 12.1 Å². The summed E-state index contributed by atoms with van der Waals surface area (Å²) in [6.45, 7) is 2.07.